The summed E-state index contributed by atoms with van der Waals surface area (Å²) in [5.41, 5.74) is 2.51. The van der Waals surface area contributed by atoms with Crippen molar-refractivity contribution in [3.05, 3.63) is 54.1 Å². The van der Waals surface area contributed by atoms with Crippen molar-refractivity contribution in [1.29, 1.82) is 0 Å². The third-order valence-electron chi connectivity index (χ3n) is 2.83. The van der Waals surface area contributed by atoms with Crippen LogP contribution in [0, 0.1) is 0 Å². The van der Waals surface area contributed by atoms with Crippen molar-refractivity contribution in [2.75, 3.05) is 0 Å². The van der Waals surface area contributed by atoms with Crippen molar-refractivity contribution < 1.29 is 0 Å². The van der Waals surface area contributed by atoms with Gasteiger partial charge in [-0.2, -0.15) is 0 Å². The van der Waals surface area contributed by atoms with Gasteiger partial charge in [0.15, 0.2) is 0 Å². The highest BCUT2D eigenvalue weighted by molar-refractivity contribution is 5.13. The third-order valence-corrected chi connectivity index (χ3v) is 2.83. The topological polar surface area (TPSA) is 29.9 Å². The van der Waals surface area contributed by atoms with Crippen LogP contribution >= 0.6 is 0 Å². The summed E-state index contributed by atoms with van der Waals surface area (Å²) in [6.45, 7) is 3.03. The monoisotopic (exact) mass is 215 g/mol. The zero-order chi connectivity index (χ0) is 11.4. The molecule has 0 aliphatic carbocycles. The van der Waals surface area contributed by atoms with Gasteiger partial charge in [0.25, 0.3) is 0 Å². The van der Waals surface area contributed by atoms with Crippen molar-refractivity contribution in [3.8, 4) is 0 Å². The predicted octanol–water partition coefficient (Wildman–Crippen LogP) is 2.27. The minimum absolute atomic E-state index is 0.323. The molecule has 0 bridgehead atoms. The highest BCUT2D eigenvalue weighted by Crippen LogP contribution is 2.11. The average molecular weight is 215 g/mol. The lowest BCUT2D eigenvalue weighted by molar-refractivity contribution is 0.556. The van der Waals surface area contributed by atoms with Crippen LogP contribution in [0.2, 0.25) is 0 Å². The van der Waals surface area contributed by atoms with Gasteiger partial charge in [0.05, 0.1) is 0 Å². The van der Waals surface area contributed by atoms with E-state index in [2.05, 4.69) is 53.2 Å². The molecule has 0 saturated carbocycles. The Kier molecular flexibility index (Phi) is 3.37. The molecule has 0 aromatic carbocycles. The van der Waals surface area contributed by atoms with Gasteiger partial charge in [0.2, 0.25) is 0 Å². The molecule has 16 heavy (non-hydrogen) atoms. The highest BCUT2D eigenvalue weighted by Gasteiger charge is 2.05. The summed E-state index contributed by atoms with van der Waals surface area (Å²) in [5.74, 6) is 0. The standard InChI is InChI=1S/C13H17N3/c1-11(12-5-3-7-14-9-12)15-10-13-6-4-8-16(13)2/h3-9,11,15H,10H2,1-2H3/t11-/m1/s1. The summed E-state index contributed by atoms with van der Waals surface area (Å²) >= 11 is 0. The number of aromatic nitrogens is 2. The number of hydrogen-bond donors (Lipinski definition) is 1. The average Bonchev–Trinajstić information content (AvgIpc) is 2.73. The van der Waals surface area contributed by atoms with E-state index in [4.69, 9.17) is 0 Å². The van der Waals surface area contributed by atoms with E-state index in [1.165, 1.54) is 11.3 Å². The zero-order valence-corrected chi connectivity index (χ0v) is 9.72. The first kappa shape index (κ1) is 10.9. The van der Waals surface area contributed by atoms with Gasteiger partial charge >= 0.3 is 0 Å². The maximum absolute atomic E-state index is 4.12. The second-order valence-electron chi connectivity index (χ2n) is 4.00. The lowest BCUT2D eigenvalue weighted by Crippen LogP contribution is -2.19. The van der Waals surface area contributed by atoms with Crippen LogP contribution in [-0.4, -0.2) is 9.55 Å². The summed E-state index contributed by atoms with van der Waals surface area (Å²) in [6.07, 6.45) is 5.77. The molecule has 0 aliphatic heterocycles. The quantitative estimate of drug-likeness (QED) is 0.848. The van der Waals surface area contributed by atoms with Crippen LogP contribution in [0.15, 0.2) is 42.9 Å². The number of nitrogens with zero attached hydrogens (tertiary/aromatic N) is 2. The van der Waals surface area contributed by atoms with Crippen molar-refractivity contribution >= 4 is 0 Å². The summed E-state index contributed by atoms with van der Waals surface area (Å²) in [4.78, 5) is 4.12. The van der Waals surface area contributed by atoms with Gasteiger partial charge in [-0.25, -0.2) is 0 Å². The molecule has 0 fully saturated rings. The second-order valence-corrected chi connectivity index (χ2v) is 4.00. The Hall–Kier alpha value is -1.61. The SMILES string of the molecule is C[C@@H](NCc1cccn1C)c1cccnc1. The van der Waals surface area contributed by atoms with E-state index in [-0.39, 0.29) is 0 Å². The molecule has 1 atom stereocenters. The fraction of sp³-hybridized carbons (Fsp3) is 0.308. The molecule has 3 heteroatoms. The maximum Gasteiger partial charge on any atom is 0.0364 e. The van der Waals surface area contributed by atoms with Gasteiger partial charge in [-0.05, 0) is 30.7 Å². The molecule has 2 rings (SSSR count). The van der Waals surface area contributed by atoms with Gasteiger partial charge in [0, 0.05) is 43.9 Å². The van der Waals surface area contributed by atoms with E-state index in [0.717, 1.165) is 6.54 Å². The van der Waals surface area contributed by atoms with Crippen LogP contribution in [0.1, 0.15) is 24.2 Å². The molecule has 0 spiro atoms. The van der Waals surface area contributed by atoms with Crippen LogP contribution in [-0.2, 0) is 13.6 Å². The van der Waals surface area contributed by atoms with E-state index in [0.29, 0.717) is 6.04 Å². The molecule has 2 aromatic heterocycles. The first-order valence-electron chi connectivity index (χ1n) is 5.51. The first-order chi connectivity index (χ1) is 7.77. The fourth-order valence-electron chi connectivity index (χ4n) is 1.69. The molecule has 1 N–H and O–H groups in total. The Bertz CT molecular complexity index is 433. The molecule has 0 amide bonds. The normalized spacial score (nSPS) is 12.6. The highest BCUT2D eigenvalue weighted by atomic mass is 15.0. The first-order valence-corrected chi connectivity index (χ1v) is 5.51. The van der Waals surface area contributed by atoms with Crippen molar-refractivity contribution in [2.45, 2.75) is 19.5 Å². The van der Waals surface area contributed by atoms with Crippen molar-refractivity contribution in [2.24, 2.45) is 7.05 Å². The van der Waals surface area contributed by atoms with E-state index in [9.17, 15) is 0 Å². The van der Waals surface area contributed by atoms with E-state index in [1.54, 1.807) is 6.20 Å². The minimum Gasteiger partial charge on any atom is -0.353 e. The Balaban J connectivity index is 1.94. The number of nitrogens with one attached hydrogen (secondary N) is 1. The number of rotatable bonds is 4. The molecule has 0 aliphatic rings. The van der Waals surface area contributed by atoms with Crippen LogP contribution < -0.4 is 5.32 Å². The Morgan fingerprint density at radius 1 is 1.38 bits per heavy atom. The second kappa shape index (κ2) is 4.94. The summed E-state index contributed by atoms with van der Waals surface area (Å²) < 4.78 is 2.13. The molecule has 3 nitrogen and oxygen atoms in total. The largest absolute Gasteiger partial charge is 0.353 e. The van der Waals surface area contributed by atoms with Gasteiger partial charge in [-0.3, -0.25) is 4.98 Å². The molecule has 0 radical (unpaired) electrons. The molecule has 0 unspecified atom stereocenters. The molecular weight excluding hydrogens is 198 g/mol. The van der Waals surface area contributed by atoms with Crippen LogP contribution in [0.3, 0.4) is 0 Å². The van der Waals surface area contributed by atoms with Crippen molar-refractivity contribution in [1.82, 2.24) is 14.9 Å². The van der Waals surface area contributed by atoms with E-state index >= 15 is 0 Å². The summed E-state index contributed by atoms with van der Waals surface area (Å²) in [5, 5.41) is 3.48. The van der Waals surface area contributed by atoms with Gasteiger partial charge in [-0.1, -0.05) is 6.07 Å². The van der Waals surface area contributed by atoms with Crippen LogP contribution in [0.5, 0.6) is 0 Å². The molecule has 2 aromatic rings. The van der Waals surface area contributed by atoms with Gasteiger partial charge < -0.3 is 9.88 Å². The fourth-order valence-corrected chi connectivity index (χ4v) is 1.69. The summed E-state index contributed by atoms with van der Waals surface area (Å²) in [7, 11) is 2.06. The number of pyridine rings is 1. The number of hydrogen-bond acceptors (Lipinski definition) is 2. The Morgan fingerprint density at radius 3 is 2.88 bits per heavy atom. The van der Waals surface area contributed by atoms with Gasteiger partial charge in [-0.15, -0.1) is 0 Å². The Morgan fingerprint density at radius 2 is 2.25 bits per heavy atom. The molecule has 2 heterocycles. The molecular formula is C13H17N3. The molecule has 0 saturated heterocycles. The third kappa shape index (κ3) is 2.49. The smallest absolute Gasteiger partial charge is 0.0364 e. The van der Waals surface area contributed by atoms with Gasteiger partial charge in [0.1, 0.15) is 0 Å². The van der Waals surface area contributed by atoms with E-state index in [1.807, 2.05) is 12.3 Å². The number of aryl methyl sites for hydroxylation is 1. The lowest BCUT2D eigenvalue weighted by atomic mass is 10.1. The summed E-state index contributed by atoms with van der Waals surface area (Å²) in [6, 6.07) is 8.57. The maximum atomic E-state index is 4.12. The minimum atomic E-state index is 0.323. The van der Waals surface area contributed by atoms with E-state index < -0.39 is 0 Å². The van der Waals surface area contributed by atoms with Crippen LogP contribution in [0.25, 0.3) is 0 Å². The van der Waals surface area contributed by atoms with Crippen molar-refractivity contribution in [3.63, 3.8) is 0 Å². The lowest BCUT2D eigenvalue weighted by Gasteiger charge is -2.14. The van der Waals surface area contributed by atoms with Crippen LogP contribution in [0.4, 0.5) is 0 Å². The predicted molar refractivity (Wildman–Crippen MR) is 64.9 cm³/mol. The Labute approximate surface area is 96.1 Å². The molecule has 84 valence electrons. The zero-order valence-electron chi connectivity index (χ0n) is 9.72.